The largest absolute Gasteiger partial charge is 0.444 e. The molecule has 0 fully saturated rings. The minimum atomic E-state index is -0.564. The Labute approximate surface area is 189 Å². The molecule has 0 amide bonds. The van der Waals surface area contributed by atoms with Crippen LogP contribution in [0.3, 0.4) is 0 Å². The van der Waals surface area contributed by atoms with Crippen molar-refractivity contribution in [3.63, 3.8) is 0 Å². The number of nitriles is 1. The molecule has 0 saturated heterocycles. The van der Waals surface area contributed by atoms with E-state index in [1.54, 1.807) is 0 Å². The van der Waals surface area contributed by atoms with Crippen LogP contribution >= 0.6 is 0 Å². The number of aromatic nitrogens is 1. The van der Waals surface area contributed by atoms with Crippen LogP contribution in [0.15, 0.2) is 88.0 Å². The second-order valence-corrected chi connectivity index (χ2v) is 8.35. The maximum Gasteiger partial charge on any atom is 0.205 e. The maximum atomic E-state index is 12.9. The molecule has 1 aliphatic carbocycles. The minimum absolute atomic E-state index is 0.00110. The van der Waals surface area contributed by atoms with Gasteiger partial charge in [0.15, 0.2) is 11.5 Å². The van der Waals surface area contributed by atoms with E-state index in [-0.39, 0.29) is 17.2 Å². The lowest BCUT2D eigenvalue weighted by Crippen LogP contribution is -2.27. The monoisotopic (exact) mass is 433 g/mol. The molecular weight excluding hydrogens is 414 g/mol. The number of ketones is 1. The van der Waals surface area contributed by atoms with Crippen molar-refractivity contribution in [1.29, 1.82) is 5.26 Å². The fourth-order valence-electron chi connectivity index (χ4n) is 4.95. The van der Waals surface area contributed by atoms with Crippen LogP contribution in [-0.4, -0.2) is 10.9 Å². The summed E-state index contributed by atoms with van der Waals surface area (Å²) in [5, 5.41) is 17.1. The Morgan fingerprint density at radius 3 is 2.76 bits per heavy atom. The van der Waals surface area contributed by atoms with Crippen LogP contribution in [-0.2, 0) is 9.53 Å². The zero-order chi connectivity index (χ0) is 22.5. The molecule has 2 N–H and O–H groups in total. The Kier molecular flexibility index (Phi) is 4.30. The quantitative estimate of drug-likeness (QED) is 0.450. The van der Waals surface area contributed by atoms with Crippen molar-refractivity contribution in [1.82, 2.24) is 5.16 Å². The lowest BCUT2D eigenvalue weighted by molar-refractivity contribution is -0.116. The highest BCUT2D eigenvalue weighted by Crippen LogP contribution is 2.44. The third kappa shape index (κ3) is 2.94. The highest BCUT2D eigenvalue weighted by molar-refractivity contribution is 6.03. The molecule has 6 heteroatoms. The topological polar surface area (TPSA) is 102 Å². The van der Waals surface area contributed by atoms with E-state index in [1.165, 1.54) is 0 Å². The van der Waals surface area contributed by atoms with Gasteiger partial charge in [0, 0.05) is 24.0 Å². The molecule has 3 aromatic carbocycles. The zero-order valence-electron chi connectivity index (χ0n) is 17.7. The van der Waals surface area contributed by atoms with Gasteiger partial charge in [-0.25, -0.2) is 0 Å². The summed E-state index contributed by atoms with van der Waals surface area (Å²) in [6.45, 7) is 0. The van der Waals surface area contributed by atoms with E-state index in [4.69, 9.17) is 15.0 Å². The number of carbonyl (C=O) groups excluding carboxylic acids is 1. The second kappa shape index (κ2) is 7.35. The van der Waals surface area contributed by atoms with Gasteiger partial charge in [0.05, 0.1) is 11.3 Å². The van der Waals surface area contributed by atoms with Crippen LogP contribution in [0.4, 0.5) is 0 Å². The average Bonchev–Trinajstić information content (AvgIpc) is 3.26. The Balaban J connectivity index is 1.57. The van der Waals surface area contributed by atoms with Crippen LogP contribution in [0.25, 0.3) is 33.0 Å². The van der Waals surface area contributed by atoms with E-state index in [0.717, 1.165) is 33.7 Å². The van der Waals surface area contributed by atoms with Gasteiger partial charge in [0.2, 0.25) is 5.88 Å². The van der Waals surface area contributed by atoms with E-state index in [9.17, 15) is 10.1 Å². The van der Waals surface area contributed by atoms with Crippen LogP contribution in [0.1, 0.15) is 30.7 Å². The van der Waals surface area contributed by atoms with Gasteiger partial charge in [-0.2, -0.15) is 5.26 Å². The van der Waals surface area contributed by atoms with Gasteiger partial charge < -0.3 is 15.0 Å². The molecule has 6 rings (SSSR count). The summed E-state index contributed by atoms with van der Waals surface area (Å²) in [6, 6.07) is 22.0. The average molecular weight is 433 g/mol. The predicted octanol–water partition coefficient (Wildman–Crippen LogP) is 5.46. The number of fused-ring (bicyclic) bond motifs is 2. The standard InChI is InChI=1S/C27H19N3O3/c28-14-20-24(25-22(31)9-4-10-23(25)32-27(20)29)16-11-12-21-19(13-16)26(33-30-21)18-8-3-6-15-5-1-2-7-17(15)18/h1-3,5-8,11-13,24H,4,9-10,29H2. The highest BCUT2D eigenvalue weighted by atomic mass is 16.5. The van der Waals surface area contributed by atoms with Crippen molar-refractivity contribution in [3.05, 3.63) is 89.0 Å². The molecule has 1 unspecified atom stereocenters. The number of carbonyl (C=O) groups is 1. The van der Waals surface area contributed by atoms with Crippen molar-refractivity contribution in [2.75, 3.05) is 0 Å². The Morgan fingerprint density at radius 2 is 1.88 bits per heavy atom. The first-order chi connectivity index (χ1) is 16.2. The normalized spacial score (nSPS) is 18.4. The molecule has 160 valence electrons. The molecule has 0 radical (unpaired) electrons. The summed E-state index contributed by atoms with van der Waals surface area (Å²) in [6.07, 6.45) is 1.79. The first kappa shape index (κ1) is 19.3. The lowest BCUT2D eigenvalue weighted by atomic mass is 9.77. The zero-order valence-corrected chi connectivity index (χ0v) is 17.7. The van der Waals surface area contributed by atoms with Crippen LogP contribution in [0.5, 0.6) is 0 Å². The molecular formula is C27H19N3O3. The molecule has 1 aliphatic heterocycles. The summed E-state index contributed by atoms with van der Waals surface area (Å²) in [4.78, 5) is 12.9. The molecule has 33 heavy (non-hydrogen) atoms. The van der Waals surface area contributed by atoms with Gasteiger partial charge in [-0.15, -0.1) is 0 Å². The fourth-order valence-corrected chi connectivity index (χ4v) is 4.95. The summed E-state index contributed by atoms with van der Waals surface area (Å²) < 4.78 is 11.5. The molecule has 1 aromatic heterocycles. The van der Waals surface area contributed by atoms with Crippen molar-refractivity contribution >= 4 is 27.5 Å². The van der Waals surface area contributed by atoms with Gasteiger partial charge in [-0.3, -0.25) is 4.79 Å². The molecule has 0 saturated carbocycles. The molecule has 2 heterocycles. The number of hydrogen-bond acceptors (Lipinski definition) is 6. The number of hydrogen-bond donors (Lipinski definition) is 1. The Bertz CT molecular complexity index is 1560. The second-order valence-electron chi connectivity index (χ2n) is 8.35. The van der Waals surface area contributed by atoms with Crippen LogP contribution in [0.2, 0.25) is 0 Å². The summed E-state index contributed by atoms with van der Waals surface area (Å²) in [5.74, 6) is 0.728. The smallest absolute Gasteiger partial charge is 0.205 e. The van der Waals surface area contributed by atoms with Crippen molar-refractivity contribution < 1.29 is 14.1 Å². The predicted molar refractivity (Wildman–Crippen MR) is 123 cm³/mol. The first-order valence-corrected chi connectivity index (χ1v) is 10.9. The maximum absolute atomic E-state index is 12.9. The minimum Gasteiger partial charge on any atom is -0.444 e. The fraction of sp³-hybridized carbons (Fsp3) is 0.148. The van der Waals surface area contributed by atoms with Gasteiger partial charge in [-0.1, -0.05) is 53.7 Å². The number of rotatable bonds is 2. The molecule has 0 bridgehead atoms. The number of ether oxygens (including phenoxy) is 1. The van der Waals surface area contributed by atoms with Crippen molar-refractivity contribution in [2.45, 2.75) is 25.2 Å². The van der Waals surface area contributed by atoms with Crippen LogP contribution in [0, 0.1) is 11.3 Å². The van der Waals surface area contributed by atoms with Gasteiger partial charge in [0.1, 0.15) is 22.9 Å². The number of nitrogens with two attached hydrogens (primary N) is 1. The van der Waals surface area contributed by atoms with E-state index in [2.05, 4.69) is 29.4 Å². The Morgan fingerprint density at radius 1 is 1.03 bits per heavy atom. The molecule has 6 nitrogen and oxygen atoms in total. The highest BCUT2D eigenvalue weighted by Gasteiger charge is 2.38. The SMILES string of the molecule is N#CC1=C(N)OC2=C(C(=O)CCC2)C1c1ccc2noc(-c3cccc4ccccc34)c2c1. The van der Waals surface area contributed by atoms with Gasteiger partial charge in [0.25, 0.3) is 0 Å². The Hall–Kier alpha value is -4.37. The number of Topliss-reactive ketones (excluding diaryl/α,β-unsaturated/α-hetero) is 1. The van der Waals surface area contributed by atoms with Crippen LogP contribution < -0.4 is 5.73 Å². The number of allylic oxidation sites excluding steroid dienone is 3. The third-order valence-electron chi connectivity index (χ3n) is 6.47. The van der Waals surface area contributed by atoms with Gasteiger partial charge >= 0.3 is 0 Å². The first-order valence-electron chi connectivity index (χ1n) is 10.9. The summed E-state index contributed by atoms with van der Waals surface area (Å²) in [5.41, 5.74) is 9.32. The van der Waals surface area contributed by atoms with E-state index in [0.29, 0.717) is 35.5 Å². The summed E-state index contributed by atoms with van der Waals surface area (Å²) >= 11 is 0. The van der Waals surface area contributed by atoms with E-state index < -0.39 is 5.92 Å². The van der Waals surface area contributed by atoms with E-state index in [1.807, 2.05) is 42.5 Å². The van der Waals surface area contributed by atoms with Crippen molar-refractivity contribution in [2.24, 2.45) is 5.73 Å². The molecule has 2 aliphatic rings. The number of benzene rings is 3. The molecule has 4 aromatic rings. The molecule has 0 spiro atoms. The van der Waals surface area contributed by atoms with E-state index >= 15 is 0 Å². The third-order valence-corrected chi connectivity index (χ3v) is 6.47. The molecule has 1 atom stereocenters. The van der Waals surface area contributed by atoms with Gasteiger partial charge in [-0.05, 0) is 34.9 Å². The summed E-state index contributed by atoms with van der Waals surface area (Å²) in [7, 11) is 0. The number of nitrogens with zero attached hydrogens (tertiary/aromatic N) is 2. The van der Waals surface area contributed by atoms with Crippen molar-refractivity contribution in [3.8, 4) is 17.4 Å². The lowest BCUT2D eigenvalue weighted by Gasteiger charge is -2.31.